The second kappa shape index (κ2) is 6.85. The molecule has 7 heteroatoms. The number of aromatic amines is 1. The minimum Gasteiger partial charge on any atom is -0.460 e. The van der Waals surface area contributed by atoms with Gasteiger partial charge in [-0.3, -0.25) is 9.69 Å². The number of benzene rings is 1. The number of furan rings is 1. The van der Waals surface area contributed by atoms with Crippen molar-refractivity contribution in [3.63, 3.8) is 0 Å². The molecule has 0 aliphatic carbocycles. The van der Waals surface area contributed by atoms with Gasteiger partial charge in [0, 0.05) is 41.5 Å². The third-order valence-corrected chi connectivity index (χ3v) is 4.90. The predicted molar refractivity (Wildman–Crippen MR) is 98.3 cm³/mol. The number of hydrogen-bond donors (Lipinski definition) is 1. The summed E-state index contributed by atoms with van der Waals surface area (Å²) in [6, 6.07) is 10.8. The maximum Gasteiger partial charge on any atom is 0.189 e. The van der Waals surface area contributed by atoms with Gasteiger partial charge in [0.15, 0.2) is 5.43 Å². The van der Waals surface area contributed by atoms with Gasteiger partial charge in [-0.15, -0.1) is 0 Å². The van der Waals surface area contributed by atoms with Crippen LogP contribution < -0.4 is 5.43 Å². The largest absolute Gasteiger partial charge is 0.460 e. The number of pyridine rings is 1. The first-order valence-electron chi connectivity index (χ1n) is 7.89. The Hall–Kier alpha value is -2.38. The van der Waals surface area contributed by atoms with E-state index in [1.165, 1.54) is 12.3 Å². The van der Waals surface area contributed by atoms with Crippen molar-refractivity contribution < 1.29 is 12.8 Å². The van der Waals surface area contributed by atoms with Crippen molar-refractivity contribution in [3.8, 4) is 11.3 Å². The summed E-state index contributed by atoms with van der Waals surface area (Å²) in [5.74, 6) is 1.54. The minimum atomic E-state index is -2.98. The number of nitrogens with zero attached hydrogens (tertiary/aromatic N) is 1. The Balaban J connectivity index is 1.77. The number of hydrogen-bond acceptors (Lipinski definition) is 5. The summed E-state index contributed by atoms with van der Waals surface area (Å²) in [6.07, 6.45) is 2.86. The minimum absolute atomic E-state index is 0.0390. The Bertz CT molecular complexity index is 1050. The number of fused-ring (bicyclic) bond motifs is 1. The van der Waals surface area contributed by atoms with Crippen LogP contribution in [0.1, 0.15) is 5.76 Å². The monoisotopic (exact) mass is 360 g/mol. The summed E-state index contributed by atoms with van der Waals surface area (Å²) in [7, 11) is -1.13. The molecule has 0 unspecified atom stereocenters. The Morgan fingerprint density at radius 1 is 1.16 bits per heavy atom. The quantitative estimate of drug-likeness (QED) is 0.729. The van der Waals surface area contributed by atoms with Gasteiger partial charge < -0.3 is 9.40 Å². The molecule has 1 N–H and O–H groups in total. The molecule has 0 atom stereocenters. The second-order valence-electron chi connectivity index (χ2n) is 6.24. The molecule has 2 aromatic heterocycles. The predicted octanol–water partition coefficient (Wildman–Crippen LogP) is 2.26. The van der Waals surface area contributed by atoms with Crippen molar-refractivity contribution in [1.82, 2.24) is 9.88 Å². The highest BCUT2D eigenvalue weighted by Gasteiger charge is 2.10. The average Bonchev–Trinajstić information content (AvgIpc) is 3.01. The number of H-pyrrole nitrogens is 1. The molecule has 1 aromatic carbocycles. The van der Waals surface area contributed by atoms with Crippen LogP contribution in [0.3, 0.4) is 0 Å². The van der Waals surface area contributed by atoms with Crippen LogP contribution in [0.25, 0.3) is 22.2 Å². The molecule has 25 heavy (non-hydrogen) atoms. The fourth-order valence-corrected chi connectivity index (χ4v) is 3.25. The van der Waals surface area contributed by atoms with E-state index in [0.717, 1.165) is 16.8 Å². The zero-order valence-corrected chi connectivity index (χ0v) is 15.0. The third kappa shape index (κ3) is 4.37. The van der Waals surface area contributed by atoms with Crippen LogP contribution in [0.2, 0.25) is 0 Å². The maximum atomic E-state index is 12.0. The lowest BCUT2D eigenvalue weighted by molar-refractivity contribution is 0.312. The van der Waals surface area contributed by atoms with E-state index in [1.54, 1.807) is 6.20 Å². The SMILES string of the molecule is CN(CCS(C)(=O)=O)Cc1ccc(-c2ccc3[nH]ccc(=O)c3c2)o1. The molecule has 3 aromatic rings. The van der Waals surface area contributed by atoms with Crippen molar-refractivity contribution in [1.29, 1.82) is 0 Å². The third-order valence-electron chi connectivity index (χ3n) is 3.97. The number of rotatable bonds is 6. The van der Waals surface area contributed by atoms with Gasteiger partial charge in [0.2, 0.25) is 0 Å². The van der Waals surface area contributed by atoms with E-state index in [9.17, 15) is 13.2 Å². The molecule has 0 saturated heterocycles. The van der Waals surface area contributed by atoms with Gasteiger partial charge in [0.1, 0.15) is 21.4 Å². The molecule has 2 heterocycles. The fourth-order valence-electron chi connectivity index (χ4n) is 2.61. The van der Waals surface area contributed by atoms with Crippen molar-refractivity contribution in [2.24, 2.45) is 0 Å². The van der Waals surface area contributed by atoms with Crippen LogP contribution in [-0.4, -0.2) is 43.9 Å². The number of nitrogens with one attached hydrogen (secondary N) is 1. The lowest BCUT2D eigenvalue weighted by atomic mass is 10.1. The Morgan fingerprint density at radius 2 is 1.96 bits per heavy atom. The topological polar surface area (TPSA) is 83.4 Å². The highest BCUT2D eigenvalue weighted by Crippen LogP contribution is 2.25. The van der Waals surface area contributed by atoms with Gasteiger partial charge in [-0.2, -0.15) is 0 Å². The molecule has 132 valence electrons. The molecule has 6 nitrogen and oxygen atoms in total. The van der Waals surface area contributed by atoms with Crippen molar-refractivity contribution in [3.05, 3.63) is 58.6 Å². The van der Waals surface area contributed by atoms with Crippen LogP contribution in [0.15, 0.2) is 51.8 Å². The van der Waals surface area contributed by atoms with Gasteiger partial charge in [-0.25, -0.2) is 8.42 Å². The normalized spacial score (nSPS) is 12.1. The first-order chi connectivity index (χ1) is 11.8. The molecule has 3 rings (SSSR count). The average molecular weight is 360 g/mol. The van der Waals surface area contributed by atoms with E-state index in [1.807, 2.05) is 42.3 Å². The van der Waals surface area contributed by atoms with E-state index in [-0.39, 0.29) is 11.2 Å². The highest BCUT2D eigenvalue weighted by molar-refractivity contribution is 7.90. The van der Waals surface area contributed by atoms with Gasteiger partial charge in [-0.1, -0.05) is 0 Å². The van der Waals surface area contributed by atoms with Crippen LogP contribution in [0.4, 0.5) is 0 Å². The van der Waals surface area contributed by atoms with Crippen molar-refractivity contribution in [2.45, 2.75) is 6.54 Å². The van der Waals surface area contributed by atoms with E-state index < -0.39 is 9.84 Å². The van der Waals surface area contributed by atoms with Crippen LogP contribution in [0, 0.1) is 0 Å². The summed E-state index contributed by atoms with van der Waals surface area (Å²) in [5.41, 5.74) is 1.57. The molecule has 0 saturated carbocycles. The maximum absolute atomic E-state index is 12.0. The molecule has 0 fully saturated rings. The van der Waals surface area contributed by atoms with E-state index in [0.29, 0.717) is 24.2 Å². The molecule has 0 spiro atoms. The number of sulfone groups is 1. The molecule has 0 amide bonds. The van der Waals surface area contributed by atoms with E-state index >= 15 is 0 Å². The molecule has 0 radical (unpaired) electrons. The van der Waals surface area contributed by atoms with Gasteiger partial charge in [0.25, 0.3) is 0 Å². The summed E-state index contributed by atoms with van der Waals surface area (Å²) >= 11 is 0. The first kappa shape index (κ1) is 17.4. The second-order valence-corrected chi connectivity index (χ2v) is 8.50. The van der Waals surface area contributed by atoms with Crippen LogP contribution in [-0.2, 0) is 16.4 Å². The fraction of sp³-hybridized carbons (Fsp3) is 0.278. The van der Waals surface area contributed by atoms with E-state index in [4.69, 9.17) is 4.42 Å². The summed E-state index contributed by atoms with van der Waals surface area (Å²) in [6.45, 7) is 0.962. The van der Waals surface area contributed by atoms with Crippen LogP contribution in [0.5, 0.6) is 0 Å². The zero-order chi connectivity index (χ0) is 18.0. The number of aromatic nitrogens is 1. The lowest BCUT2D eigenvalue weighted by Crippen LogP contribution is -2.24. The molecule has 0 aliphatic heterocycles. The Labute approximate surface area is 146 Å². The molecule has 0 bridgehead atoms. The summed E-state index contributed by atoms with van der Waals surface area (Å²) < 4.78 is 28.3. The van der Waals surface area contributed by atoms with Gasteiger partial charge in [-0.05, 0) is 37.4 Å². The van der Waals surface area contributed by atoms with E-state index in [2.05, 4.69) is 4.98 Å². The highest BCUT2D eigenvalue weighted by atomic mass is 32.2. The van der Waals surface area contributed by atoms with Gasteiger partial charge >= 0.3 is 0 Å². The van der Waals surface area contributed by atoms with Gasteiger partial charge in [0.05, 0.1) is 12.3 Å². The Kier molecular flexibility index (Phi) is 4.78. The van der Waals surface area contributed by atoms with Crippen molar-refractivity contribution >= 4 is 20.7 Å². The van der Waals surface area contributed by atoms with Crippen LogP contribution >= 0.6 is 0 Å². The molecular formula is C18H20N2O4S. The summed E-state index contributed by atoms with van der Waals surface area (Å²) in [4.78, 5) is 16.9. The van der Waals surface area contributed by atoms with Crippen molar-refractivity contribution in [2.75, 3.05) is 25.6 Å². The Morgan fingerprint density at radius 3 is 2.72 bits per heavy atom. The molecule has 0 aliphatic rings. The molecular weight excluding hydrogens is 340 g/mol. The first-order valence-corrected chi connectivity index (χ1v) is 9.95. The zero-order valence-electron chi connectivity index (χ0n) is 14.2. The smallest absolute Gasteiger partial charge is 0.189 e. The standard InChI is InChI=1S/C18H20N2O4S/c1-20(9-10-25(2,22)23)12-14-4-6-18(24-14)13-3-5-16-15(11-13)17(21)7-8-19-16/h3-8,11H,9-10,12H2,1-2H3,(H,19,21). The summed E-state index contributed by atoms with van der Waals surface area (Å²) in [5, 5.41) is 0.614. The lowest BCUT2D eigenvalue weighted by Gasteiger charge is -2.14.